The normalized spacial score (nSPS) is 18.6. The molecule has 0 amide bonds. The zero-order valence-electron chi connectivity index (χ0n) is 11.4. The molecule has 0 unspecified atom stereocenters. The predicted octanol–water partition coefficient (Wildman–Crippen LogP) is 2.24. The van der Waals surface area contributed by atoms with Crippen molar-refractivity contribution >= 4 is 27.4 Å². The SMILES string of the molecule is C[C@H]1CCc2c(sc3ncnc(N(C)CCO)c23)C1. The van der Waals surface area contributed by atoms with Gasteiger partial charge < -0.3 is 10.0 Å². The summed E-state index contributed by atoms with van der Waals surface area (Å²) in [6.45, 7) is 3.07. The Morgan fingerprint density at radius 1 is 1.47 bits per heavy atom. The largest absolute Gasteiger partial charge is 0.395 e. The Balaban J connectivity index is 2.13. The highest BCUT2D eigenvalue weighted by atomic mass is 32.1. The molecule has 3 rings (SSSR count). The van der Waals surface area contributed by atoms with Crippen LogP contribution >= 0.6 is 11.3 Å². The molecular weight excluding hydrogens is 258 g/mol. The van der Waals surface area contributed by atoms with Crippen molar-refractivity contribution in [1.82, 2.24) is 9.97 Å². The number of aryl methyl sites for hydroxylation is 1. The van der Waals surface area contributed by atoms with E-state index in [9.17, 15) is 0 Å². The molecule has 19 heavy (non-hydrogen) atoms. The predicted molar refractivity (Wildman–Crippen MR) is 79.0 cm³/mol. The van der Waals surface area contributed by atoms with Gasteiger partial charge in [-0.25, -0.2) is 9.97 Å². The first-order valence-electron chi connectivity index (χ1n) is 6.78. The molecule has 1 atom stereocenters. The number of rotatable bonds is 3. The second-order valence-electron chi connectivity index (χ2n) is 5.37. The summed E-state index contributed by atoms with van der Waals surface area (Å²) in [5.41, 5.74) is 1.44. The molecule has 5 heteroatoms. The van der Waals surface area contributed by atoms with E-state index in [-0.39, 0.29) is 6.61 Å². The van der Waals surface area contributed by atoms with Crippen LogP contribution in [-0.2, 0) is 12.8 Å². The van der Waals surface area contributed by atoms with Crippen LogP contribution in [0.5, 0.6) is 0 Å². The molecule has 4 nitrogen and oxygen atoms in total. The van der Waals surface area contributed by atoms with Crippen LogP contribution in [0, 0.1) is 5.92 Å². The van der Waals surface area contributed by atoms with Crippen LogP contribution in [0.3, 0.4) is 0 Å². The molecule has 0 radical (unpaired) electrons. The van der Waals surface area contributed by atoms with Gasteiger partial charge in [0.1, 0.15) is 17.0 Å². The van der Waals surface area contributed by atoms with E-state index in [4.69, 9.17) is 5.11 Å². The smallest absolute Gasteiger partial charge is 0.140 e. The number of anilines is 1. The minimum absolute atomic E-state index is 0.144. The summed E-state index contributed by atoms with van der Waals surface area (Å²) in [5.74, 6) is 1.73. The summed E-state index contributed by atoms with van der Waals surface area (Å²) in [6, 6.07) is 0. The third-order valence-corrected chi connectivity index (χ3v) is 5.03. The van der Waals surface area contributed by atoms with Gasteiger partial charge in [-0.3, -0.25) is 0 Å². The quantitative estimate of drug-likeness (QED) is 0.935. The summed E-state index contributed by atoms with van der Waals surface area (Å²) < 4.78 is 0. The van der Waals surface area contributed by atoms with Gasteiger partial charge >= 0.3 is 0 Å². The van der Waals surface area contributed by atoms with Gasteiger partial charge in [-0.2, -0.15) is 0 Å². The van der Waals surface area contributed by atoms with Crippen molar-refractivity contribution in [2.75, 3.05) is 25.1 Å². The molecule has 102 valence electrons. The molecule has 2 aromatic rings. The van der Waals surface area contributed by atoms with Crippen molar-refractivity contribution in [2.45, 2.75) is 26.2 Å². The van der Waals surface area contributed by atoms with E-state index in [2.05, 4.69) is 16.9 Å². The van der Waals surface area contributed by atoms with Crippen molar-refractivity contribution in [3.63, 3.8) is 0 Å². The maximum absolute atomic E-state index is 9.11. The fraction of sp³-hybridized carbons (Fsp3) is 0.571. The lowest BCUT2D eigenvalue weighted by atomic mass is 9.89. The molecule has 0 aliphatic heterocycles. The monoisotopic (exact) mass is 277 g/mol. The maximum Gasteiger partial charge on any atom is 0.140 e. The third-order valence-electron chi connectivity index (χ3n) is 3.87. The van der Waals surface area contributed by atoms with Gasteiger partial charge in [-0.15, -0.1) is 11.3 Å². The highest BCUT2D eigenvalue weighted by Crippen LogP contribution is 2.40. The summed E-state index contributed by atoms with van der Waals surface area (Å²) in [7, 11) is 1.98. The summed E-state index contributed by atoms with van der Waals surface area (Å²) in [4.78, 5) is 13.5. The lowest BCUT2D eigenvalue weighted by Crippen LogP contribution is -2.22. The highest BCUT2D eigenvalue weighted by Gasteiger charge is 2.23. The van der Waals surface area contributed by atoms with Gasteiger partial charge in [0.25, 0.3) is 0 Å². The minimum Gasteiger partial charge on any atom is -0.395 e. The Kier molecular flexibility index (Phi) is 3.41. The van der Waals surface area contributed by atoms with Crippen LogP contribution in [0.15, 0.2) is 6.33 Å². The van der Waals surface area contributed by atoms with E-state index < -0.39 is 0 Å². The minimum atomic E-state index is 0.144. The van der Waals surface area contributed by atoms with Crippen LogP contribution < -0.4 is 4.90 Å². The number of aliphatic hydroxyl groups excluding tert-OH is 1. The first kappa shape index (κ1) is 12.8. The lowest BCUT2D eigenvalue weighted by Gasteiger charge is -2.21. The fourth-order valence-electron chi connectivity index (χ4n) is 2.80. The van der Waals surface area contributed by atoms with Crippen LogP contribution in [0.1, 0.15) is 23.8 Å². The average molecular weight is 277 g/mol. The molecule has 1 aliphatic carbocycles. The fourth-order valence-corrected chi connectivity index (χ4v) is 4.15. The van der Waals surface area contributed by atoms with Crippen molar-refractivity contribution in [1.29, 1.82) is 0 Å². The van der Waals surface area contributed by atoms with Crippen LogP contribution in [-0.4, -0.2) is 35.3 Å². The van der Waals surface area contributed by atoms with E-state index in [1.165, 1.54) is 28.7 Å². The molecule has 0 spiro atoms. The van der Waals surface area contributed by atoms with Crippen molar-refractivity contribution < 1.29 is 5.11 Å². The molecular formula is C14H19N3OS. The van der Waals surface area contributed by atoms with Crippen LogP contribution in [0.2, 0.25) is 0 Å². The number of aliphatic hydroxyl groups is 1. The number of hydrogen-bond acceptors (Lipinski definition) is 5. The average Bonchev–Trinajstić information content (AvgIpc) is 2.75. The first-order valence-corrected chi connectivity index (χ1v) is 7.59. The molecule has 0 fully saturated rings. The number of fused-ring (bicyclic) bond motifs is 3. The molecule has 1 N–H and O–H groups in total. The standard InChI is InChI=1S/C14H19N3OS/c1-9-3-4-10-11(7-9)19-14-12(10)13(15-8-16-14)17(2)5-6-18/h8-9,18H,3-7H2,1-2H3/t9-/m0/s1. The Bertz CT molecular complexity index is 596. The van der Waals surface area contributed by atoms with E-state index in [0.717, 1.165) is 23.0 Å². The summed E-state index contributed by atoms with van der Waals surface area (Å²) in [5, 5.41) is 10.3. The van der Waals surface area contributed by atoms with Gasteiger partial charge in [0, 0.05) is 18.5 Å². The third kappa shape index (κ3) is 2.21. The summed E-state index contributed by atoms with van der Waals surface area (Å²) in [6.07, 6.45) is 5.18. The molecule has 2 aromatic heterocycles. The molecule has 0 bridgehead atoms. The maximum atomic E-state index is 9.11. The zero-order chi connectivity index (χ0) is 13.4. The Morgan fingerprint density at radius 2 is 2.32 bits per heavy atom. The van der Waals surface area contributed by atoms with Crippen molar-refractivity contribution in [3.8, 4) is 0 Å². The van der Waals surface area contributed by atoms with Crippen molar-refractivity contribution in [2.24, 2.45) is 5.92 Å². The number of aromatic nitrogens is 2. The van der Waals surface area contributed by atoms with Crippen LogP contribution in [0.4, 0.5) is 5.82 Å². The second kappa shape index (κ2) is 5.06. The topological polar surface area (TPSA) is 49.2 Å². The number of hydrogen-bond donors (Lipinski definition) is 1. The highest BCUT2D eigenvalue weighted by molar-refractivity contribution is 7.19. The Labute approximate surface area is 117 Å². The van der Waals surface area contributed by atoms with E-state index in [1.807, 2.05) is 23.3 Å². The number of likely N-dealkylation sites (N-methyl/N-ethyl adjacent to an activating group) is 1. The molecule has 0 aromatic carbocycles. The number of thiophene rings is 1. The molecule has 2 heterocycles. The second-order valence-corrected chi connectivity index (χ2v) is 6.46. The lowest BCUT2D eigenvalue weighted by molar-refractivity contribution is 0.304. The van der Waals surface area contributed by atoms with Gasteiger partial charge in [-0.1, -0.05) is 6.92 Å². The van der Waals surface area contributed by atoms with Gasteiger partial charge in [0.05, 0.1) is 12.0 Å². The van der Waals surface area contributed by atoms with E-state index >= 15 is 0 Å². The number of nitrogens with zero attached hydrogens (tertiary/aromatic N) is 3. The van der Waals surface area contributed by atoms with E-state index in [0.29, 0.717) is 6.54 Å². The van der Waals surface area contributed by atoms with Gasteiger partial charge in [0.15, 0.2) is 0 Å². The Hall–Kier alpha value is -1.20. The molecule has 0 saturated heterocycles. The van der Waals surface area contributed by atoms with Crippen molar-refractivity contribution in [3.05, 3.63) is 16.8 Å². The Morgan fingerprint density at radius 3 is 3.11 bits per heavy atom. The molecule has 0 saturated carbocycles. The molecule has 1 aliphatic rings. The zero-order valence-corrected chi connectivity index (χ0v) is 12.2. The first-order chi connectivity index (χ1) is 9.20. The van der Waals surface area contributed by atoms with Gasteiger partial charge in [0.2, 0.25) is 0 Å². The van der Waals surface area contributed by atoms with E-state index in [1.54, 1.807) is 6.33 Å². The summed E-state index contributed by atoms with van der Waals surface area (Å²) >= 11 is 1.81. The van der Waals surface area contributed by atoms with Gasteiger partial charge in [-0.05, 0) is 30.7 Å². The van der Waals surface area contributed by atoms with Crippen LogP contribution in [0.25, 0.3) is 10.2 Å².